The fourth-order valence-corrected chi connectivity index (χ4v) is 3.93. The van der Waals surface area contributed by atoms with Crippen molar-refractivity contribution in [2.24, 2.45) is 7.05 Å². The molecule has 4 rings (SSSR count). The van der Waals surface area contributed by atoms with Crippen LogP contribution in [-0.2, 0) is 13.6 Å². The number of carbonyl (C=O) groups excluding carboxylic acids is 1. The molecule has 140 valence electrons. The minimum Gasteiger partial charge on any atom is -0.454 e. The van der Waals surface area contributed by atoms with Gasteiger partial charge in [0.2, 0.25) is 6.79 Å². The lowest BCUT2D eigenvalue weighted by molar-refractivity contribution is 0.102. The van der Waals surface area contributed by atoms with E-state index in [1.807, 2.05) is 45.2 Å². The molecule has 0 fully saturated rings. The van der Waals surface area contributed by atoms with E-state index in [4.69, 9.17) is 9.47 Å². The van der Waals surface area contributed by atoms with Crippen LogP contribution in [0.2, 0.25) is 0 Å². The van der Waals surface area contributed by atoms with Crippen LogP contribution in [0.5, 0.6) is 11.5 Å². The second kappa shape index (κ2) is 7.11. The lowest BCUT2D eigenvalue weighted by atomic mass is 10.1. The fraction of sp³-hybridized carbons (Fsp3) is 0.316. The van der Waals surface area contributed by atoms with Crippen LogP contribution in [0.25, 0.3) is 0 Å². The highest BCUT2D eigenvalue weighted by molar-refractivity contribution is 7.99. The van der Waals surface area contributed by atoms with E-state index in [9.17, 15) is 4.79 Å². The van der Waals surface area contributed by atoms with Gasteiger partial charge in [0.15, 0.2) is 22.4 Å². The van der Waals surface area contributed by atoms with Crippen LogP contribution in [0.15, 0.2) is 35.7 Å². The normalized spacial score (nSPS) is 12.6. The van der Waals surface area contributed by atoms with Crippen molar-refractivity contribution < 1.29 is 14.3 Å². The molecule has 0 N–H and O–H groups in total. The second-order valence-electron chi connectivity index (χ2n) is 6.49. The average molecular weight is 384 g/mol. The van der Waals surface area contributed by atoms with Crippen molar-refractivity contribution in [1.29, 1.82) is 0 Å². The molecular formula is C19H20N4O3S. The van der Waals surface area contributed by atoms with E-state index in [-0.39, 0.29) is 12.6 Å². The maximum atomic E-state index is 12.7. The Morgan fingerprint density at radius 3 is 2.81 bits per heavy atom. The third-order valence-electron chi connectivity index (χ3n) is 4.65. The number of aryl methyl sites for hydroxylation is 2. The summed E-state index contributed by atoms with van der Waals surface area (Å²) in [4.78, 5) is 12.7. The highest BCUT2D eigenvalue weighted by Crippen LogP contribution is 2.33. The first-order valence-corrected chi connectivity index (χ1v) is 9.56. The number of Topliss-reactive ketones (excluding diaryl/α,β-unsaturated/α-hetero) is 1. The van der Waals surface area contributed by atoms with Gasteiger partial charge in [-0.3, -0.25) is 4.79 Å². The molecule has 27 heavy (non-hydrogen) atoms. The monoisotopic (exact) mass is 384 g/mol. The van der Waals surface area contributed by atoms with Crippen LogP contribution >= 0.6 is 11.8 Å². The number of benzene rings is 1. The first-order valence-electron chi connectivity index (χ1n) is 8.58. The average Bonchev–Trinajstić information content (AvgIpc) is 3.35. The molecule has 0 bridgehead atoms. The molecule has 0 saturated heterocycles. The Morgan fingerprint density at radius 2 is 2.04 bits per heavy atom. The van der Waals surface area contributed by atoms with E-state index in [2.05, 4.69) is 14.8 Å². The molecule has 1 aliphatic heterocycles. The number of hydrogen-bond acceptors (Lipinski definition) is 6. The number of fused-ring (bicyclic) bond motifs is 1. The van der Waals surface area contributed by atoms with E-state index in [0.29, 0.717) is 12.3 Å². The Labute approximate surface area is 161 Å². The number of rotatable bonds is 6. The summed E-state index contributed by atoms with van der Waals surface area (Å²) in [5.41, 5.74) is 3.88. The molecule has 8 heteroatoms. The van der Waals surface area contributed by atoms with Gasteiger partial charge in [-0.15, -0.1) is 10.2 Å². The molecule has 2 aromatic heterocycles. The van der Waals surface area contributed by atoms with Crippen molar-refractivity contribution >= 4 is 17.5 Å². The van der Waals surface area contributed by atoms with Gasteiger partial charge in [-0.1, -0.05) is 17.8 Å². The van der Waals surface area contributed by atoms with Crippen molar-refractivity contribution in [1.82, 2.24) is 19.3 Å². The topological polar surface area (TPSA) is 71.2 Å². The van der Waals surface area contributed by atoms with E-state index >= 15 is 0 Å². The number of thioether (sulfide) groups is 1. The summed E-state index contributed by atoms with van der Waals surface area (Å²) in [6, 6.07) is 7.90. The van der Waals surface area contributed by atoms with Crippen LogP contribution in [-0.4, -0.2) is 37.7 Å². The van der Waals surface area contributed by atoms with E-state index in [1.165, 1.54) is 11.8 Å². The van der Waals surface area contributed by atoms with Gasteiger partial charge in [-0.2, -0.15) is 0 Å². The smallest absolute Gasteiger partial charge is 0.231 e. The van der Waals surface area contributed by atoms with Gasteiger partial charge in [0.25, 0.3) is 0 Å². The Morgan fingerprint density at radius 1 is 1.22 bits per heavy atom. The van der Waals surface area contributed by atoms with Crippen molar-refractivity contribution in [2.45, 2.75) is 25.5 Å². The van der Waals surface area contributed by atoms with E-state index in [1.54, 1.807) is 10.9 Å². The molecule has 7 nitrogen and oxygen atoms in total. The molecule has 1 aliphatic rings. The van der Waals surface area contributed by atoms with Crippen molar-refractivity contribution in [3.05, 3.63) is 53.1 Å². The Bertz CT molecular complexity index is 1010. The zero-order chi connectivity index (χ0) is 19.0. The highest BCUT2D eigenvalue weighted by atomic mass is 32.2. The second-order valence-corrected chi connectivity index (χ2v) is 7.44. The molecule has 0 spiro atoms. The van der Waals surface area contributed by atoms with Crippen LogP contribution < -0.4 is 9.47 Å². The summed E-state index contributed by atoms with van der Waals surface area (Å²) in [6.45, 7) is 4.95. The number of carbonyl (C=O) groups is 1. The Kier molecular flexibility index (Phi) is 4.65. The molecule has 0 radical (unpaired) electrons. The molecular weight excluding hydrogens is 364 g/mol. The molecule has 1 aromatic carbocycles. The zero-order valence-electron chi connectivity index (χ0n) is 15.4. The fourth-order valence-electron chi connectivity index (χ4n) is 3.16. The lowest BCUT2D eigenvalue weighted by Crippen LogP contribution is -2.08. The van der Waals surface area contributed by atoms with Gasteiger partial charge in [-0.05, 0) is 37.6 Å². The van der Waals surface area contributed by atoms with Crippen LogP contribution in [0, 0.1) is 13.8 Å². The maximum absolute atomic E-state index is 12.7. The number of hydrogen-bond donors (Lipinski definition) is 0. The predicted octanol–water partition coefficient (Wildman–Crippen LogP) is 2.99. The Balaban J connectivity index is 1.51. The molecule has 0 atom stereocenters. The third-order valence-corrected chi connectivity index (χ3v) is 5.69. The minimum atomic E-state index is 0.0908. The maximum Gasteiger partial charge on any atom is 0.231 e. The number of nitrogens with zero attached hydrogens (tertiary/aromatic N) is 4. The first kappa shape index (κ1) is 17.7. The third kappa shape index (κ3) is 3.44. The van der Waals surface area contributed by atoms with E-state index < -0.39 is 0 Å². The summed E-state index contributed by atoms with van der Waals surface area (Å²) in [5.74, 6) is 1.97. The first-order chi connectivity index (χ1) is 13.0. The van der Waals surface area contributed by atoms with Crippen LogP contribution in [0.1, 0.15) is 27.3 Å². The lowest BCUT2D eigenvalue weighted by Gasteiger charge is -2.10. The number of aromatic nitrogens is 4. The minimum absolute atomic E-state index is 0.0908. The summed E-state index contributed by atoms with van der Waals surface area (Å²) in [7, 11) is 1.87. The van der Waals surface area contributed by atoms with Crippen LogP contribution in [0.4, 0.5) is 0 Å². The van der Waals surface area contributed by atoms with Gasteiger partial charge in [0, 0.05) is 30.5 Å². The molecule has 3 aromatic rings. The highest BCUT2D eigenvalue weighted by Gasteiger charge is 2.18. The SMILES string of the molecule is Cc1cc(C(=O)CSc2nncn2C)c(C)n1Cc1ccc2c(c1)OCO2. The summed E-state index contributed by atoms with van der Waals surface area (Å²) in [6.07, 6.45) is 1.63. The molecule has 0 unspecified atom stereocenters. The van der Waals surface area contributed by atoms with Gasteiger partial charge < -0.3 is 18.6 Å². The van der Waals surface area contributed by atoms with Crippen molar-refractivity contribution in [3.8, 4) is 11.5 Å². The number of ketones is 1. The van der Waals surface area contributed by atoms with Gasteiger partial charge in [0.1, 0.15) is 6.33 Å². The largest absolute Gasteiger partial charge is 0.454 e. The van der Waals surface area contributed by atoms with Gasteiger partial charge >= 0.3 is 0 Å². The molecule has 0 amide bonds. The summed E-state index contributed by atoms with van der Waals surface area (Å²) >= 11 is 1.40. The van der Waals surface area contributed by atoms with E-state index in [0.717, 1.165) is 39.2 Å². The molecule has 3 heterocycles. The molecule has 0 saturated carbocycles. The van der Waals surface area contributed by atoms with Gasteiger partial charge in [0.05, 0.1) is 5.75 Å². The van der Waals surface area contributed by atoms with Crippen molar-refractivity contribution in [2.75, 3.05) is 12.5 Å². The standard InChI is InChI=1S/C19H20N4O3S/c1-12-6-15(16(24)9-27-19-21-20-10-22(19)3)13(2)23(12)8-14-4-5-17-18(7-14)26-11-25-17/h4-7,10H,8-9,11H2,1-3H3. The van der Waals surface area contributed by atoms with Gasteiger partial charge in [-0.25, -0.2) is 0 Å². The predicted molar refractivity (Wildman–Crippen MR) is 102 cm³/mol. The van der Waals surface area contributed by atoms with Crippen molar-refractivity contribution in [3.63, 3.8) is 0 Å². The Hall–Kier alpha value is -2.74. The van der Waals surface area contributed by atoms with Crippen LogP contribution in [0.3, 0.4) is 0 Å². The molecule has 0 aliphatic carbocycles. The summed E-state index contributed by atoms with van der Waals surface area (Å²) < 4.78 is 14.8. The number of ether oxygens (including phenoxy) is 2. The summed E-state index contributed by atoms with van der Waals surface area (Å²) in [5, 5.41) is 8.58. The zero-order valence-corrected chi connectivity index (χ0v) is 16.2. The quantitative estimate of drug-likeness (QED) is 0.481.